The number of ether oxygens (including phenoxy) is 1. The molecule has 3 heterocycles. The lowest BCUT2D eigenvalue weighted by Gasteiger charge is -2.37. The van der Waals surface area contributed by atoms with Crippen LogP contribution >= 0.6 is 23.4 Å². The lowest BCUT2D eigenvalue weighted by atomic mass is 10.1. The number of aryl methyl sites for hydroxylation is 1. The number of hydrogen-bond donors (Lipinski definition) is 0. The van der Waals surface area contributed by atoms with E-state index < -0.39 is 0 Å². The number of nitrogens with zero attached hydrogens (tertiary/aromatic N) is 6. The molecule has 0 unspecified atom stereocenters. The smallest absolute Gasteiger partial charge is 0.409 e. The molecular formula is C30H35ClN6O3S. The molecule has 216 valence electrons. The van der Waals surface area contributed by atoms with Gasteiger partial charge in [-0.25, -0.2) is 14.8 Å². The Morgan fingerprint density at radius 3 is 2.32 bits per heavy atom. The van der Waals surface area contributed by atoms with Crippen LogP contribution in [0.1, 0.15) is 28.4 Å². The van der Waals surface area contributed by atoms with Gasteiger partial charge in [0.1, 0.15) is 11.0 Å². The summed E-state index contributed by atoms with van der Waals surface area (Å²) >= 11 is 7.91. The average molecular weight is 595 g/mol. The van der Waals surface area contributed by atoms with E-state index in [2.05, 4.69) is 46.0 Å². The van der Waals surface area contributed by atoms with Crippen molar-refractivity contribution >= 4 is 46.9 Å². The molecule has 0 saturated carbocycles. The van der Waals surface area contributed by atoms with Crippen molar-refractivity contribution in [2.75, 3.05) is 68.8 Å². The summed E-state index contributed by atoms with van der Waals surface area (Å²) in [7, 11) is 0. The van der Waals surface area contributed by atoms with Crippen molar-refractivity contribution in [1.29, 1.82) is 0 Å². The van der Waals surface area contributed by atoms with Crippen LogP contribution in [0, 0.1) is 6.92 Å². The lowest BCUT2D eigenvalue weighted by Crippen LogP contribution is -2.50. The summed E-state index contributed by atoms with van der Waals surface area (Å²) in [6.07, 6.45) is -0.324. The largest absolute Gasteiger partial charge is 0.450 e. The highest BCUT2D eigenvalue weighted by atomic mass is 35.5. The molecule has 9 nitrogen and oxygen atoms in total. The molecule has 0 spiro atoms. The lowest BCUT2D eigenvalue weighted by molar-refractivity contribution is 0.0570. The van der Waals surface area contributed by atoms with Crippen molar-refractivity contribution in [3.8, 4) is 0 Å². The highest BCUT2D eigenvalue weighted by Gasteiger charge is 2.26. The van der Waals surface area contributed by atoms with Crippen molar-refractivity contribution in [1.82, 2.24) is 19.8 Å². The second kappa shape index (κ2) is 13.4. The molecule has 2 aliphatic rings. The summed E-state index contributed by atoms with van der Waals surface area (Å²) in [5, 5.41) is 1.03. The number of rotatable bonds is 7. The number of hydrogen-bond acceptors (Lipinski definition) is 8. The summed E-state index contributed by atoms with van der Waals surface area (Å²) in [6, 6.07) is 18.0. The third-order valence-electron chi connectivity index (χ3n) is 7.36. The number of benzene rings is 2. The number of para-hydroxylation sites is 1. The highest BCUT2D eigenvalue weighted by molar-refractivity contribution is 7.98. The maximum atomic E-state index is 13.2. The van der Waals surface area contributed by atoms with Gasteiger partial charge in [-0.05, 0) is 43.2 Å². The first-order chi connectivity index (χ1) is 19.9. The van der Waals surface area contributed by atoms with Crippen LogP contribution in [0.2, 0.25) is 5.15 Å². The monoisotopic (exact) mass is 594 g/mol. The fourth-order valence-corrected chi connectivity index (χ4v) is 6.16. The maximum absolute atomic E-state index is 13.2. The fraction of sp³-hybridized carbons (Fsp3) is 0.400. The minimum Gasteiger partial charge on any atom is -0.450 e. The van der Waals surface area contributed by atoms with Crippen LogP contribution < -0.4 is 9.80 Å². The molecule has 5 rings (SSSR count). The normalized spacial score (nSPS) is 15.7. The van der Waals surface area contributed by atoms with E-state index in [0.29, 0.717) is 54.4 Å². The number of carbonyl (C=O) groups is 2. The van der Waals surface area contributed by atoms with Gasteiger partial charge in [0.15, 0.2) is 5.16 Å². The Morgan fingerprint density at radius 1 is 0.878 bits per heavy atom. The average Bonchev–Trinajstić information content (AvgIpc) is 3.00. The summed E-state index contributed by atoms with van der Waals surface area (Å²) < 4.78 is 5.07. The van der Waals surface area contributed by atoms with E-state index >= 15 is 0 Å². The molecule has 2 saturated heterocycles. The van der Waals surface area contributed by atoms with Crippen molar-refractivity contribution in [3.05, 3.63) is 76.4 Å². The van der Waals surface area contributed by atoms with Crippen LogP contribution in [0.5, 0.6) is 0 Å². The SMILES string of the molecule is CCOC(=O)N1CCN(C(=O)c2cccc(CSc3nc(Cl)cc(N4CCN(c5ccccc5C)CC4)n3)c2)CC1. The zero-order valence-electron chi connectivity index (χ0n) is 23.5. The van der Waals surface area contributed by atoms with E-state index in [4.69, 9.17) is 21.3 Å². The Balaban J connectivity index is 1.17. The first-order valence-electron chi connectivity index (χ1n) is 13.9. The van der Waals surface area contributed by atoms with E-state index in [1.807, 2.05) is 30.3 Å². The zero-order valence-corrected chi connectivity index (χ0v) is 25.0. The molecule has 2 aromatic carbocycles. The van der Waals surface area contributed by atoms with Crippen molar-refractivity contribution < 1.29 is 14.3 Å². The van der Waals surface area contributed by atoms with E-state index in [0.717, 1.165) is 37.6 Å². The van der Waals surface area contributed by atoms with Crippen LogP contribution in [-0.4, -0.2) is 90.7 Å². The molecule has 1 aromatic heterocycles. The van der Waals surface area contributed by atoms with E-state index in [-0.39, 0.29) is 12.0 Å². The van der Waals surface area contributed by atoms with Gasteiger partial charge in [0.2, 0.25) is 0 Å². The van der Waals surface area contributed by atoms with E-state index in [1.165, 1.54) is 23.0 Å². The predicted octanol–water partition coefficient (Wildman–Crippen LogP) is 4.97. The molecule has 0 N–H and O–H groups in total. The number of anilines is 2. The molecule has 41 heavy (non-hydrogen) atoms. The first kappa shape index (κ1) is 29.0. The standard InChI is InChI=1S/C30H35ClN6O3S/c1-3-40-30(39)37-17-15-36(16-18-37)28(38)24-9-6-8-23(19-24)21-41-29-32-26(31)20-27(33-29)35-13-11-34(12-14-35)25-10-5-4-7-22(25)2/h4-10,19-20H,3,11-18,21H2,1-2H3. The topological polar surface area (TPSA) is 82.1 Å². The Morgan fingerprint density at radius 2 is 1.59 bits per heavy atom. The third-order valence-corrected chi connectivity index (χ3v) is 8.47. The zero-order chi connectivity index (χ0) is 28.8. The summed E-state index contributed by atoms with van der Waals surface area (Å²) in [6.45, 7) is 9.70. The van der Waals surface area contributed by atoms with Gasteiger partial charge in [-0.2, -0.15) is 0 Å². The van der Waals surface area contributed by atoms with Crippen LogP contribution in [-0.2, 0) is 10.5 Å². The second-order valence-corrected chi connectivity index (χ2v) is 11.4. The Hall–Kier alpha value is -3.50. The molecule has 3 aromatic rings. The molecule has 2 fully saturated rings. The molecular weight excluding hydrogens is 560 g/mol. The van der Waals surface area contributed by atoms with Gasteiger partial charge < -0.3 is 24.3 Å². The van der Waals surface area contributed by atoms with Crippen molar-refractivity contribution in [2.24, 2.45) is 0 Å². The Bertz CT molecular complexity index is 1380. The van der Waals surface area contributed by atoms with Gasteiger partial charge in [-0.1, -0.05) is 53.7 Å². The predicted molar refractivity (Wildman–Crippen MR) is 163 cm³/mol. The molecule has 0 atom stereocenters. The fourth-order valence-electron chi connectivity index (χ4n) is 5.14. The molecule has 0 radical (unpaired) electrons. The Kier molecular flexibility index (Phi) is 9.51. The number of carbonyl (C=O) groups excluding carboxylic acids is 2. The molecule has 2 aliphatic heterocycles. The minimum absolute atomic E-state index is 0.0357. The van der Waals surface area contributed by atoms with Gasteiger partial charge in [0.05, 0.1) is 6.61 Å². The Labute approximate surface area is 250 Å². The van der Waals surface area contributed by atoms with Gasteiger partial charge >= 0.3 is 6.09 Å². The number of aromatic nitrogens is 2. The highest BCUT2D eigenvalue weighted by Crippen LogP contribution is 2.27. The van der Waals surface area contributed by atoms with Crippen LogP contribution in [0.4, 0.5) is 16.3 Å². The maximum Gasteiger partial charge on any atom is 0.409 e. The number of piperazine rings is 2. The van der Waals surface area contributed by atoms with Crippen molar-refractivity contribution in [2.45, 2.75) is 24.8 Å². The van der Waals surface area contributed by atoms with Crippen LogP contribution in [0.3, 0.4) is 0 Å². The number of thioether (sulfide) groups is 1. The van der Waals surface area contributed by atoms with Crippen molar-refractivity contribution in [3.63, 3.8) is 0 Å². The van der Waals surface area contributed by atoms with E-state index in [1.54, 1.807) is 16.7 Å². The summed E-state index contributed by atoms with van der Waals surface area (Å²) in [4.78, 5) is 42.5. The molecule has 0 bridgehead atoms. The number of amides is 2. The van der Waals surface area contributed by atoms with Gasteiger partial charge in [0, 0.05) is 75.4 Å². The van der Waals surface area contributed by atoms with Gasteiger partial charge in [0.25, 0.3) is 5.91 Å². The molecule has 2 amide bonds. The number of halogens is 1. The third kappa shape index (κ3) is 7.23. The first-order valence-corrected chi connectivity index (χ1v) is 15.3. The quantitative estimate of drug-likeness (QED) is 0.215. The minimum atomic E-state index is -0.324. The molecule has 0 aliphatic carbocycles. The van der Waals surface area contributed by atoms with Crippen LogP contribution in [0.15, 0.2) is 59.8 Å². The van der Waals surface area contributed by atoms with E-state index in [9.17, 15) is 9.59 Å². The summed E-state index contributed by atoms with van der Waals surface area (Å²) in [5.74, 6) is 1.41. The van der Waals surface area contributed by atoms with Crippen LogP contribution in [0.25, 0.3) is 0 Å². The second-order valence-electron chi connectivity index (χ2n) is 10.1. The van der Waals surface area contributed by atoms with Gasteiger partial charge in [-0.15, -0.1) is 0 Å². The summed E-state index contributed by atoms with van der Waals surface area (Å²) in [5.41, 5.74) is 4.20. The van der Waals surface area contributed by atoms with Gasteiger partial charge in [-0.3, -0.25) is 4.79 Å². The molecule has 11 heteroatoms.